The SMILES string of the molecule is COCCC(F)(F)C(F)(F)S(=O)(=O)O. The molecule has 0 aliphatic carbocycles. The van der Waals surface area contributed by atoms with E-state index in [2.05, 4.69) is 4.74 Å². The third-order valence-corrected chi connectivity index (χ3v) is 2.32. The van der Waals surface area contributed by atoms with E-state index < -0.39 is 34.3 Å². The van der Waals surface area contributed by atoms with Crippen molar-refractivity contribution in [3.05, 3.63) is 0 Å². The normalized spacial score (nSPS) is 14.4. The molecule has 0 spiro atoms. The average molecular weight is 240 g/mol. The van der Waals surface area contributed by atoms with Crippen molar-refractivity contribution in [2.45, 2.75) is 17.6 Å². The van der Waals surface area contributed by atoms with Crippen LogP contribution >= 0.6 is 0 Å². The first-order valence-corrected chi connectivity index (χ1v) is 4.72. The molecule has 0 aliphatic heterocycles. The summed E-state index contributed by atoms with van der Waals surface area (Å²) in [5.41, 5.74) is 0. The highest BCUT2D eigenvalue weighted by Crippen LogP contribution is 2.40. The monoisotopic (exact) mass is 240 g/mol. The number of hydrogen-bond acceptors (Lipinski definition) is 3. The zero-order chi connectivity index (χ0) is 11.6. The molecule has 4 nitrogen and oxygen atoms in total. The third kappa shape index (κ3) is 2.55. The lowest BCUT2D eigenvalue weighted by molar-refractivity contribution is -0.169. The molecule has 0 aromatic rings. The van der Waals surface area contributed by atoms with Gasteiger partial charge in [-0.2, -0.15) is 26.0 Å². The van der Waals surface area contributed by atoms with Gasteiger partial charge in [-0.25, -0.2) is 0 Å². The van der Waals surface area contributed by atoms with E-state index in [9.17, 15) is 26.0 Å². The van der Waals surface area contributed by atoms with Crippen LogP contribution in [-0.2, 0) is 14.9 Å². The Hall–Kier alpha value is -0.410. The van der Waals surface area contributed by atoms with E-state index in [1.807, 2.05) is 0 Å². The van der Waals surface area contributed by atoms with Crippen LogP contribution in [-0.4, -0.2) is 37.9 Å². The highest BCUT2D eigenvalue weighted by molar-refractivity contribution is 7.87. The van der Waals surface area contributed by atoms with Crippen LogP contribution in [0.4, 0.5) is 17.6 Å². The van der Waals surface area contributed by atoms with Crippen LogP contribution < -0.4 is 0 Å². The van der Waals surface area contributed by atoms with E-state index >= 15 is 0 Å². The molecule has 0 aliphatic rings. The summed E-state index contributed by atoms with van der Waals surface area (Å²) in [4.78, 5) is 0. The Bertz CT molecular complexity index is 286. The molecule has 86 valence electrons. The number of halogens is 4. The predicted molar refractivity (Wildman–Crippen MR) is 37.9 cm³/mol. The van der Waals surface area contributed by atoms with E-state index in [1.54, 1.807) is 0 Å². The maximum Gasteiger partial charge on any atom is 0.431 e. The van der Waals surface area contributed by atoms with E-state index in [4.69, 9.17) is 4.55 Å². The lowest BCUT2D eigenvalue weighted by Gasteiger charge is -2.23. The quantitative estimate of drug-likeness (QED) is 0.578. The predicted octanol–water partition coefficient (Wildman–Crippen LogP) is 1.14. The summed E-state index contributed by atoms with van der Waals surface area (Å²) in [6.45, 7) is -0.752. The van der Waals surface area contributed by atoms with Crippen LogP contribution in [0.1, 0.15) is 6.42 Å². The molecule has 0 atom stereocenters. The standard InChI is InChI=1S/C5H8F4O4S/c1-13-3-2-4(6,7)5(8,9)14(10,11)12/h2-3H2,1H3,(H,10,11,12). The second-order valence-electron chi connectivity index (χ2n) is 2.44. The van der Waals surface area contributed by atoms with Crippen molar-refractivity contribution in [1.82, 2.24) is 0 Å². The van der Waals surface area contributed by atoms with Crippen molar-refractivity contribution in [3.63, 3.8) is 0 Å². The van der Waals surface area contributed by atoms with Gasteiger partial charge in [-0.3, -0.25) is 4.55 Å². The molecule has 0 amide bonds. The minimum Gasteiger partial charge on any atom is -0.384 e. The van der Waals surface area contributed by atoms with Crippen LogP contribution in [0.2, 0.25) is 0 Å². The van der Waals surface area contributed by atoms with Gasteiger partial charge in [0.1, 0.15) is 0 Å². The topological polar surface area (TPSA) is 63.6 Å². The highest BCUT2D eigenvalue weighted by atomic mass is 32.2. The molecule has 9 heteroatoms. The number of rotatable bonds is 5. The molecule has 0 fully saturated rings. The van der Waals surface area contributed by atoms with Gasteiger partial charge in [-0.15, -0.1) is 0 Å². The second-order valence-corrected chi connectivity index (χ2v) is 3.90. The summed E-state index contributed by atoms with van der Waals surface area (Å²) in [5, 5.41) is -5.50. The van der Waals surface area contributed by atoms with Gasteiger partial charge in [-0.1, -0.05) is 0 Å². The third-order valence-electron chi connectivity index (χ3n) is 1.37. The Labute approximate surface area is 77.6 Å². The molecule has 0 rings (SSSR count). The molecule has 0 saturated carbocycles. The number of methoxy groups -OCH3 is 1. The molecule has 0 aromatic carbocycles. The summed E-state index contributed by atoms with van der Waals surface area (Å²) in [5.74, 6) is -4.86. The van der Waals surface area contributed by atoms with Gasteiger partial charge in [0.25, 0.3) is 0 Å². The van der Waals surface area contributed by atoms with Crippen molar-refractivity contribution < 1.29 is 35.3 Å². The zero-order valence-corrected chi connectivity index (χ0v) is 7.82. The van der Waals surface area contributed by atoms with Gasteiger partial charge in [0.15, 0.2) is 0 Å². The number of ether oxygens (including phenoxy) is 1. The Morgan fingerprint density at radius 1 is 1.29 bits per heavy atom. The van der Waals surface area contributed by atoms with Gasteiger partial charge in [0.2, 0.25) is 0 Å². The van der Waals surface area contributed by atoms with Crippen LogP contribution in [0, 0.1) is 0 Å². The minimum atomic E-state index is -6.13. The highest BCUT2D eigenvalue weighted by Gasteiger charge is 2.65. The molecule has 0 aromatic heterocycles. The first-order valence-electron chi connectivity index (χ1n) is 3.28. The van der Waals surface area contributed by atoms with E-state index in [1.165, 1.54) is 0 Å². The fraction of sp³-hybridized carbons (Fsp3) is 1.00. The van der Waals surface area contributed by atoms with Gasteiger partial charge >= 0.3 is 21.3 Å². The van der Waals surface area contributed by atoms with Crippen LogP contribution in [0.3, 0.4) is 0 Å². The zero-order valence-electron chi connectivity index (χ0n) is 7.01. The number of hydrogen-bond donors (Lipinski definition) is 1. The smallest absolute Gasteiger partial charge is 0.384 e. The van der Waals surface area contributed by atoms with Crippen molar-refractivity contribution in [3.8, 4) is 0 Å². The molecule has 0 unspecified atom stereocenters. The van der Waals surface area contributed by atoms with Crippen molar-refractivity contribution >= 4 is 10.1 Å². The van der Waals surface area contributed by atoms with Crippen molar-refractivity contribution in [1.29, 1.82) is 0 Å². The minimum absolute atomic E-state index is 0.752. The lowest BCUT2D eigenvalue weighted by Crippen LogP contribution is -2.47. The lowest BCUT2D eigenvalue weighted by atomic mass is 10.2. The van der Waals surface area contributed by atoms with Gasteiger partial charge in [-0.05, 0) is 0 Å². The number of alkyl halides is 4. The largest absolute Gasteiger partial charge is 0.431 e. The molecule has 14 heavy (non-hydrogen) atoms. The summed E-state index contributed by atoms with van der Waals surface area (Å²) in [7, 11) is -5.14. The maximum absolute atomic E-state index is 12.5. The molecule has 1 N–H and O–H groups in total. The Morgan fingerprint density at radius 3 is 2.00 bits per heavy atom. The first kappa shape index (κ1) is 13.6. The van der Waals surface area contributed by atoms with Gasteiger partial charge in [0, 0.05) is 13.5 Å². The molecule has 0 saturated heterocycles. The van der Waals surface area contributed by atoms with Gasteiger partial charge in [0.05, 0.1) is 6.61 Å². The maximum atomic E-state index is 12.5. The van der Waals surface area contributed by atoms with E-state index in [0.717, 1.165) is 7.11 Å². The van der Waals surface area contributed by atoms with E-state index in [0.29, 0.717) is 0 Å². The van der Waals surface area contributed by atoms with Crippen LogP contribution in [0.15, 0.2) is 0 Å². The van der Waals surface area contributed by atoms with Crippen molar-refractivity contribution in [2.75, 3.05) is 13.7 Å². The van der Waals surface area contributed by atoms with Crippen LogP contribution in [0.5, 0.6) is 0 Å². The molecule has 0 bridgehead atoms. The fourth-order valence-electron chi connectivity index (χ4n) is 0.564. The first-order chi connectivity index (χ1) is 6.06. The van der Waals surface area contributed by atoms with E-state index in [-0.39, 0.29) is 0 Å². The second kappa shape index (κ2) is 3.99. The van der Waals surface area contributed by atoms with Crippen LogP contribution in [0.25, 0.3) is 0 Å². The van der Waals surface area contributed by atoms with Gasteiger partial charge < -0.3 is 4.74 Å². The van der Waals surface area contributed by atoms with Crippen molar-refractivity contribution in [2.24, 2.45) is 0 Å². The summed E-state index contributed by atoms with van der Waals surface area (Å²) < 4.78 is 81.7. The Balaban J connectivity index is 4.88. The molecular weight excluding hydrogens is 232 g/mol. The summed E-state index contributed by atoms with van der Waals surface area (Å²) in [6.07, 6.45) is -1.50. The molecule has 0 heterocycles. The molecular formula is C5H8F4O4S. The average Bonchev–Trinajstić information content (AvgIpc) is 1.98. The molecule has 0 radical (unpaired) electrons. The summed E-state index contributed by atoms with van der Waals surface area (Å²) >= 11 is 0. The Kier molecular flexibility index (Phi) is 3.87. The summed E-state index contributed by atoms with van der Waals surface area (Å²) in [6, 6.07) is 0. The Morgan fingerprint density at radius 2 is 1.71 bits per heavy atom. The fourth-order valence-corrected chi connectivity index (χ4v) is 1.04.